The predicted octanol–water partition coefficient (Wildman–Crippen LogP) is 5.10. The van der Waals surface area contributed by atoms with Crippen molar-refractivity contribution in [2.75, 3.05) is 11.5 Å². The number of hydrogen-bond acceptors (Lipinski definition) is 4. The van der Waals surface area contributed by atoms with Crippen molar-refractivity contribution < 1.29 is 9.53 Å². The molecule has 1 aliphatic heterocycles. The Morgan fingerprint density at radius 3 is 2.46 bits per heavy atom. The fourth-order valence-corrected chi connectivity index (χ4v) is 3.92. The van der Waals surface area contributed by atoms with Gasteiger partial charge in [0.1, 0.15) is 5.75 Å². The third kappa shape index (κ3) is 3.81. The fourth-order valence-electron chi connectivity index (χ4n) is 2.26. The molecular weight excluding hydrogens is 453 g/mol. The van der Waals surface area contributed by atoms with Gasteiger partial charge in [0.25, 0.3) is 5.91 Å². The molecule has 1 aliphatic rings. The normalized spacial score (nSPS) is 16.1. The molecule has 1 amide bonds. The van der Waals surface area contributed by atoms with E-state index in [1.165, 1.54) is 11.8 Å². The lowest BCUT2D eigenvalue weighted by Crippen LogP contribution is -2.27. The first-order valence-corrected chi connectivity index (χ1v) is 9.65. The average Bonchev–Trinajstić information content (AvgIpc) is 2.85. The lowest BCUT2D eigenvalue weighted by atomic mass is 10.2. The third-order valence-electron chi connectivity index (χ3n) is 3.37. The Kier molecular flexibility index (Phi) is 5.57. The zero-order valence-corrected chi connectivity index (χ0v) is 16.7. The zero-order chi connectivity index (χ0) is 17.1. The first-order valence-electron chi connectivity index (χ1n) is 7.35. The maximum Gasteiger partial charge on any atom is 0.270 e. The Hall–Kier alpha value is -1.38. The maximum absolute atomic E-state index is 12.7. The van der Waals surface area contributed by atoms with Crippen molar-refractivity contribution in [1.82, 2.24) is 0 Å². The first-order chi connectivity index (χ1) is 11.6. The molecule has 2 aromatic carbocycles. The van der Waals surface area contributed by atoms with Crippen LogP contribution in [0.25, 0.3) is 6.08 Å². The summed E-state index contributed by atoms with van der Waals surface area (Å²) in [5.41, 5.74) is 1.74. The van der Waals surface area contributed by atoms with Gasteiger partial charge in [0, 0.05) is 3.57 Å². The van der Waals surface area contributed by atoms with Gasteiger partial charge in [-0.15, -0.1) is 0 Å². The quantitative estimate of drug-likeness (QED) is 0.356. The lowest BCUT2D eigenvalue weighted by molar-refractivity contribution is -0.113. The van der Waals surface area contributed by atoms with Gasteiger partial charge in [-0.25, -0.2) is 0 Å². The van der Waals surface area contributed by atoms with Crippen LogP contribution in [0.3, 0.4) is 0 Å². The van der Waals surface area contributed by atoms with Crippen molar-refractivity contribution in [1.29, 1.82) is 0 Å². The van der Waals surface area contributed by atoms with Crippen LogP contribution in [0.15, 0.2) is 53.4 Å². The second kappa shape index (κ2) is 7.67. The molecule has 0 bridgehead atoms. The molecule has 24 heavy (non-hydrogen) atoms. The topological polar surface area (TPSA) is 29.5 Å². The van der Waals surface area contributed by atoms with Crippen molar-refractivity contribution >= 4 is 68.6 Å². The second-order valence-corrected chi connectivity index (χ2v) is 7.92. The largest absolute Gasteiger partial charge is 0.494 e. The Labute approximate surface area is 164 Å². The van der Waals surface area contributed by atoms with E-state index in [1.807, 2.05) is 61.5 Å². The highest BCUT2D eigenvalue weighted by molar-refractivity contribution is 14.1. The summed E-state index contributed by atoms with van der Waals surface area (Å²) in [5.74, 6) is 0.689. The van der Waals surface area contributed by atoms with E-state index < -0.39 is 0 Å². The number of anilines is 1. The van der Waals surface area contributed by atoms with Gasteiger partial charge in [-0.1, -0.05) is 36.1 Å². The van der Waals surface area contributed by atoms with Gasteiger partial charge < -0.3 is 4.74 Å². The van der Waals surface area contributed by atoms with Crippen molar-refractivity contribution in [3.8, 4) is 5.75 Å². The van der Waals surface area contributed by atoms with Crippen LogP contribution in [-0.2, 0) is 4.79 Å². The molecule has 0 radical (unpaired) electrons. The highest BCUT2D eigenvalue weighted by atomic mass is 127. The third-order valence-corrected chi connectivity index (χ3v) is 5.39. The van der Waals surface area contributed by atoms with Crippen LogP contribution in [0.4, 0.5) is 5.69 Å². The molecule has 2 aromatic rings. The van der Waals surface area contributed by atoms with E-state index in [2.05, 4.69) is 22.6 Å². The van der Waals surface area contributed by atoms with Gasteiger partial charge >= 0.3 is 0 Å². The number of thioether (sulfide) groups is 1. The maximum atomic E-state index is 12.7. The van der Waals surface area contributed by atoms with Crippen LogP contribution in [-0.4, -0.2) is 16.8 Å². The molecule has 1 fully saturated rings. The van der Waals surface area contributed by atoms with Crippen molar-refractivity contribution in [3.05, 3.63) is 62.6 Å². The SMILES string of the molecule is CCOc1ccc(N2C(=O)/C(=C/c3ccc(I)cc3)SC2=S)cc1. The van der Waals surface area contributed by atoms with E-state index in [4.69, 9.17) is 17.0 Å². The highest BCUT2D eigenvalue weighted by Gasteiger charge is 2.33. The number of hydrogen-bond donors (Lipinski definition) is 0. The van der Waals surface area contributed by atoms with E-state index >= 15 is 0 Å². The minimum atomic E-state index is -0.0901. The Bertz CT molecular complexity index is 801. The number of rotatable bonds is 4. The van der Waals surface area contributed by atoms with E-state index in [9.17, 15) is 4.79 Å². The smallest absolute Gasteiger partial charge is 0.270 e. The number of benzene rings is 2. The lowest BCUT2D eigenvalue weighted by Gasteiger charge is -2.15. The molecule has 0 spiro atoms. The standard InChI is InChI=1S/C18H14INO2S2/c1-2-22-15-9-7-14(8-10-15)20-17(21)16(24-18(20)23)11-12-3-5-13(19)6-4-12/h3-11H,2H2,1H3/b16-11-. The number of carbonyl (C=O) groups is 1. The molecule has 1 heterocycles. The number of thiocarbonyl (C=S) groups is 1. The molecule has 1 saturated heterocycles. The van der Waals surface area contributed by atoms with Gasteiger partial charge in [-0.05, 0) is 77.6 Å². The minimum absolute atomic E-state index is 0.0901. The number of carbonyl (C=O) groups excluding carboxylic acids is 1. The molecule has 122 valence electrons. The average molecular weight is 467 g/mol. The summed E-state index contributed by atoms with van der Waals surface area (Å²) in [6.45, 7) is 2.55. The molecule has 0 unspecified atom stereocenters. The molecule has 0 atom stereocenters. The Morgan fingerprint density at radius 2 is 1.83 bits per heavy atom. The summed E-state index contributed by atoms with van der Waals surface area (Å²) in [6, 6.07) is 15.4. The van der Waals surface area contributed by atoms with Crippen LogP contribution >= 0.6 is 46.6 Å². The second-order valence-electron chi connectivity index (χ2n) is 5.00. The van der Waals surface area contributed by atoms with Crippen molar-refractivity contribution in [2.45, 2.75) is 6.92 Å². The molecular formula is C18H14INO2S2. The number of halogens is 1. The zero-order valence-electron chi connectivity index (χ0n) is 12.9. The van der Waals surface area contributed by atoms with Crippen LogP contribution in [0.1, 0.15) is 12.5 Å². The Balaban J connectivity index is 1.84. The monoisotopic (exact) mass is 467 g/mol. The molecule has 0 aliphatic carbocycles. The summed E-state index contributed by atoms with van der Waals surface area (Å²) in [6.07, 6.45) is 1.88. The number of nitrogens with zero attached hydrogens (tertiary/aromatic N) is 1. The summed E-state index contributed by atoms with van der Waals surface area (Å²) in [4.78, 5) is 14.9. The van der Waals surface area contributed by atoms with Crippen LogP contribution in [0.5, 0.6) is 5.75 Å². The summed E-state index contributed by atoms with van der Waals surface area (Å²) < 4.78 is 7.13. The van der Waals surface area contributed by atoms with Gasteiger partial charge in [0.2, 0.25) is 0 Å². The van der Waals surface area contributed by atoms with E-state index in [0.717, 1.165) is 20.6 Å². The van der Waals surface area contributed by atoms with Crippen molar-refractivity contribution in [2.24, 2.45) is 0 Å². The van der Waals surface area contributed by atoms with E-state index in [0.29, 0.717) is 15.8 Å². The van der Waals surface area contributed by atoms with Crippen LogP contribution < -0.4 is 9.64 Å². The predicted molar refractivity (Wildman–Crippen MR) is 112 cm³/mol. The van der Waals surface area contributed by atoms with Crippen molar-refractivity contribution in [3.63, 3.8) is 0 Å². The van der Waals surface area contributed by atoms with E-state index in [1.54, 1.807) is 4.90 Å². The molecule has 0 N–H and O–H groups in total. The highest BCUT2D eigenvalue weighted by Crippen LogP contribution is 2.36. The molecule has 0 aromatic heterocycles. The van der Waals surface area contributed by atoms with E-state index in [-0.39, 0.29) is 5.91 Å². The fraction of sp³-hybridized carbons (Fsp3) is 0.111. The number of ether oxygens (including phenoxy) is 1. The molecule has 3 nitrogen and oxygen atoms in total. The first kappa shape index (κ1) is 17.4. The molecule has 3 rings (SSSR count). The molecule has 6 heteroatoms. The van der Waals surface area contributed by atoms with Gasteiger partial charge in [0.05, 0.1) is 17.2 Å². The van der Waals surface area contributed by atoms with Crippen LogP contribution in [0, 0.1) is 3.57 Å². The van der Waals surface area contributed by atoms with Crippen LogP contribution in [0.2, 0.25) is 0 Å². The summed E-state index contributed by atoms with van der Waals surface area (Å²) >= 11 is 8.97. The number of amides is 1. The summed E-state index contributed by atoms with van der Waals surface area (Å²) in [7, 11) is 0. The van der Waals surface area contributed by atoms with Gasteiger partial charge in [-0.2, -0.15) is 0 Å². The molecule has 0 saturated carbocycles. The van der Waals surface area contributed by atoms with Gasteiger partial charge in [0.15, 0.2) is 4.32 Å². The van der Waals surface area contributed by atoms with Gasteiger partial charge in [-0.3, -0.25) is 9.69 Å². The Morgan fingerprint density at radius 1 is 1.17 bits per heavy atom. The minimum Gasteiger partial charge on any atom is -0.494 e. The summed E-state index contributed by atoms with van der Waals surface area (Å²) in [5, 5.41) is 0.